The van der Waals surface area contributed by atoms with Crippen LogP contribution in [0, 0.1) is 0 Å². The van der Waals surface area contributed by atoms with Crippen LogP contribution >= 0.6 is 0 Å². The van der Waals surface area contributed by atoms with E-state index in [4.69, 9.17) is 4.98 Å². The van der Waals surface area contributed by atoms with E-state index < -0.39 is 0 Å². The molecule has 0 saturated carbocycles. The van der Waals surface area contributed by atoms with Crippen LogP contribution in [0.5, 0.6) is 0 Å². The van der Waals surface area contributed by atoms with E-state index in [0.717, 1.165) is 31.4 Å². The number of aromatic nitrogens is 2. The first-order chi connectivity index (χ1) is 12.4. The van der Waals surface area contributed by atoms with Gasteiger partial charge in [0.15, 0.2) is 0 Å². The number of hydrogen-bond donors (Lipinski definition) is 1. The van der Waals surface area contributed by atoms with Gasteiger partial charge in [0.25, 0.3) is 0 Å². The van der Waals surface area contributed by atoms with Gasteiger partial charge in [0.2, 0.25) is 5.95 Å². The molecule has 2 unspecified atom stereocenters. The Morgan fingerprint density at radius 1 is 1.00 bits per heavy atom. The van der Waals surface area contributed by atoms with Gasteiger partial charge in [-0.25, -0.2) is 4.98 Å². The molecule has 3 heterocycles. The van der Waals surface area contributed by atoms with Crippen molar-refractivity contribution in [3.63, 3.8) is 0 Å². The maximum atomic E-state index is 4.81. The highest BCUT2D eigenvalue weighted by Crippen LogP contribution is 2.23. The van der Waals surface area contributed by atoms with E-state index in [2.05, 4.69) is 38.3 Å². The lowest BCUT2D eigenvalue weighted by Crippen LogP contribution is -2.35. The minimum atomic E-state index is 0.467. The fraction of sp³-hybridized carbons (Fsp3) is 0.700. The maximum absolute atomic E-state index is 4.81. The highest BCUT2D eigenvalue weighted by atomic mass is 15.3. The van der Waals surface area contributed by atoms with Crippen LogP contribution in [0.25, 0.3) is 0 Å². The van der Waals surface area contributed by atoms with Crippen LogP contribution < -0.4 is 10.2 Å². The zero-order chi connectivity index (χ0) is 16.9. The summed E-state index contributed by atoms with van der Waals surface area (Å²) in [5.74, 6) is 1.89. The number of allylic oxidation sites excluding steroid dienone is 1. The molecule has 5 nitrogen and oxygen atoms in total. The lowest BCUT2D eigenvalue weighted by Gasteiger charge is -2.27. The minimum Gasteiger partial charge on any atom is -0.356 e. The van der Waals surface area contributed by atoms with Gasteiger partial charge in [-0.3, -0.25) is 4.90 Å². The summed E-state index contributed by atoms with van der Waals surface area (Å²) in [6.45, 7) is 4.54. The third-order valence-corrected chi connectivity index (χ3v) is 5.82. The smallest absolute Gasteiger partial charge is 0.224 e. The van der Waals surface area contributed by atoms with Crippen LogP contribution in [0.3, 0.4) is 0 Å². The van der Waals surface area contributed by atoms with Crippen LogP contribution in [0.4, 0.5) is 11.8 Å². The Kier molecular flexibility index (Phi) is 5.50. The summed E-state index contributed by atoms with van der Waals surface area (Å²) in [6, 6.07) is 3.17. The van der Waals surface area contributed by atoms with E-state index in [1.54, 1.807) is 0 Å². The van der Waals surface area contributed by atoms with Gasteiger partial charge in [0.05, 0.1) is 0 Å². The van der Waals surface area contributed by atoms with Gasteiger partial charge in [-0.05, 0) is 44.6 Å². The highest BCUT2D eigenvalue weighted by molar-refractivity contribution is 5.43. The van der Waals surface area contributed by atoms with Gasteiger partial charge in [0, 0.05) is 44.5 Å². The Morgan fingerprint density at radius 2 is 1.88 bits per heavy atom. The van der Waals surface area contributed by atoms with Crippen LogP contribution in [-0.4, -0.2) is 53.1 Å². The summed E-state index contributed by atoms with van der Waals surface area (Å²) in [5, 5.41) is 3.59. The molecule has 2 fully saturated rings. The van der Waals surface area contributed by atoms with Crippen molar-refractivity contribution in [3.05, 3.63) is 24.4 Å². The van der Waals surface area contributed by atoms with Crippen molar-refractivity contribution in [2.75, 3.05) is 36.4 Å². The van der Waals surface area contributed by atoms with E-state index in [1.807, 2.05) is 6.20 Å². The first-order valence-corrected chi connectivity index (χ1v) is 10.1. The molecule has 0 bridgehead atoms. The van der Waals surface area contributed by atoms with Crippen molar-refractivity contribution in [2.45, 2.75) is 63.5 Å². The average molecular weight is 342 g/mol. The Morgan fingerprint density at radius 3 is 2.68 bits per heavy atom. The molecule has 136 valence electrons. The molecule has 1 aliphatic carbocycles. The summed E-state index contributed by atoms with van der Waals surface area (Å²) in [5.41, 5.74) is 0. The second kappa shape index (κ2) is 8.17. The van der Waals surface area contributed by atoms with Gasteiger partial charge < -0.3 is 10.2 Å². The van der Waals surface area contributed by atoms with Crippen LogP contribution in [0.15, 0.2) is 24.4 Å². The van der Waals surface area contributed by atoms with Crippen LogP contribution in [0.1, 0.15) is 51.4 Å². The third kappa shape index (κ3) is 4.32. The second-order valence-electron chi connectivity index (χ2n) is 7.69. The molecule has 3 aliphatic rings. The van der Waals surface area contributed by atoms with Crippen molar-refractivity contribution in [3.8, 4) is 0 Å². The molecule has 1 aromatic heterocycles. The number of nitrogens with one attached hydrogen (secondary N) is 1. The normalized spacial score (nSPS) is 28.1. The zero-order valence-electron chi connectivity index (χ0n) is 15.2. The first kappa shape index (κ1) is 16.8. The van der Waals surface area contributed by atoms with Crippen LogP contribution in [0.2, 0.25) is 0 Å². The molecule has 0 radical (unpaired) electrons. The molecular weight excluding hydrogens is 310 g/mol. The van der Waals surface area contributed by atoms with Crippen LogP contribution in [-0.2, 0) is 0 Å². The lowest BCUT2D eigenvalue weighted by atomic mass is 10.0. The molecule has 2 aliphatic heterocycles. The van der Waals surface area contributed by atoms with Gasteiger partial charge in [-0.1, -0.05) is 25.0 Å². The predicted molar refractivity (Wildman–Crippen MR) is 103 cm³/mol. The molecule has 1 aromatic rings. The quantitative estimate of drug-likeness (QED) is 0.850. The van der Waals surface area contributed by atoms with Gasteiger partial charge in [0.1, 0.15) is 5.82 Å². The van der Waals surface area contributed by atoms with E-state index >= 15 is 0 Å². The minimum absolute atomic E-state index is 0.467. The van der Waals surface area contributed by atoms with Crippen molar-refractivity contribution in [1.29, 1.82) is 0 Å². The average Bonchev–Trinajstić information content (AvgIpc) is 2.95. The molecule has 2 saturated heterocycles. The molecule has 25 heavy (non-hydrogen) atoms. The predicted octanol–water partition coefficient (Wildman–Crippen LogP) is 3.45. The Hall–Kier alpha value is -1.62. The van der Waals surface area contributed by atoms with Crippen molar-refractivity contribution >= 4 is 11.8 Å². The Bertz CT molecular complexity index is 579. The van der Waals surface area contributed by atoms with E-state index in [-0.39, 0.29) is 0 Å². The molecule has 0 spiro atoms. The SMILES string of the molecule is C1=CC(N2CCC(Nc3nccc(N4CCCCCC4)n3)C2)CCC1. The summed E-state index contributed by atoms with van der Waals surface area (Å²) < 4.78 is 0. The standard InChI is InChI=1S/C20H31N5/c1-2-7-14-24(13-6-1)19-10-12-21-20(23-19)22-17-11-15-25(16-17)18-8-4-3-5-9-18/h4,8,10,12,17-18H,1-3,5-7,9,11,13-16H2,(H,21,22,23). The summed E-state index contributed by atoms with van der Waals surface area (Å²) >= 11 is 0. The second-order valence-corrected chi connectivity index (χ2v) is 7.69. The fourth-order valence-corrected chi connectivity index (χ4v) is 4.38. The fourth-order valence-electron chi connectivity index (χ4n) is 4.38. The number of anilines is 2. The third-order valence-electron chi connectivity index (χ3n) is 5.82. The van der Waals surface area contributed by atoms with Gasteiger partial charge in [-0.2, -0.15) is 4.98 Å². The Labute approximate surface area is 151 Å². The van der Waals surface area contributed by atoms with Crippen molar-refractivity contribution < 1.29 is 0 Å². The number of likely N-dealkylation sites (tertiary alicyclic amines) is 1. The monoisotopic (exact) mass is 341 g/mol. The van der Waals surface area contributed by atoms with E-state index in [0.29, 0.717) is 12.1 Å². The topological polar surface area (TPSA) is 44.3 Å². The van der Waals surface area contributed by atoms with E-state index in [9.17, 15) is 0 Å². The zero-order valence-corrected chi connectivity index (χ0v) is 15.2. The summed E-state index contributed by atoms with van der Waals surface area (Å²) in [4.78, 5) is 14.3. The van der Waals surface area contributed by atoms with Gasteiger partial charge >= 0.3 is 0 Å². The molecule has 0 amide bonds. The first-order valence-electron chi connectivity index (χ1n) is 10.1. The maximum Gasteiger partial charge on any atom is 0.224 e. The summed E-state index contributed by atoms with van der Waals surface area (Å²) in [7, 11) is 0. The van der Waals surface area contributed by atoms with Crippen molar-refractivity contribution in [1.82, 2.24) is 14.9 Å². The molecule has 2 atom stereocenters. The molecule has 0 aromatic carbocycles. The molecule has 1 N–H and O–H groups in total. The van der Waals surface area contributed by atoms with E-state index in [1.165, 1.54) is 57.9 Å². The number of nitrogens with zero attached hydrogens (tertiary/aromatic N) is 4. The molecule has 5 heteroatoms. The molecular formula is C20H31N5. The number of hydrogen-bond acceptors (Lipinski definition) is 5. The van der Waals surface area contributed by atoms with Crippen molar-refractivity contribution in [2.24, 2.45) is 0 Å². The lowest BCUT2D eigenvalue weighted by molar-refractivity contribution is 0.261. The Balaban J connectivity index is 1.35. The van der Waals surface area contributed by atoms with Gasteiger partial charge in [-0.15, -0.1) is 0 Å². The summed E-state index contributed by atoms with van der Waals surface area (Å²) in [6.07, 6.45) is 17.0. The highest BCUT2D eigenvalue weighted by Gasteiger charge is 2.28. The molecule has 4 rings (SSSR count). The largest absolute Gasteiger partial charge is 0.356 e. The number of rotatable bonds is 4.